The number of anilines is 2. The van der Waals surface area contributed by atoms with Gasteiger partial charge in [0.05, 0.1) is 22.9 Å². The van der Waals surface area contributed by atoms with Gasteiger partial charge in [0.2, 0.25) is 0 Å². The van der Waals surface area contributed by atoms with Crippen LogP contribution in [-0.4, -0.2) is 37.7 Å². The van der Waals surface area contributed by atoms with Crippen LogP contribution in [0.4, 0.5) is 11.5 Å². The van der Waals surface area contributed by atoms with Crippen LogP contribution < -0.4 is 16.8 Å². The summed E-state index contributed by atoms with van der Waals surface area (Å²) in [5, 5.41) is 22.8. The molecule has 8 nitrogen and oxygen atoms in total. The number of nitrogen functional groups attached to an aromatic ring is 1. The van der Waals surface area contributed by atoms with Crippen LogP contribution >= 0.6 is 0 Å². The number of aromatic hydroxyl groups is 2. The van der Waals surface area contributed by atoms with Crippen LogP contribution in [0.1, 0.15) is 6.42 Å². The minimum absolute atomic E-state index is 0.174. The van der Waals surface area contributed by atoms with Gasteiger partial charge in [-0.1, -0.05) is 0 Å². The molecule has 0 radical (unpaired) electrons. The molecular weight excluding hydrogens is 344 g/mol. The van der Waals surface area contributed by atoms with Gasteiger partial charge in [-0.15, -0.1) is 0 Å². The Morgan fingerprint density at radius 2 is 1.93 bits per heavy atom. The molecule has 0 spiro atoms. The molecule has 2 aromatic heterocycles. The van der Waals surface area contributed by atoms with Gasteiger partial charge in [0.1, 0.15) is 0 Å². The topological polar surface area (TPSA) is 135 Å². The Bertz CT molecular complexity index is 1140. The molecule has 0 bridgehead atoms. The fourth-order valence-corrected chi connectivity index (χ4v) is 3.06. The molecule has 0 saturated heterocycles. The number of nitrogens with two attached hydrogens (primary N) is 2. The predicted octanol–water partition coefficient (Wildman–Crippen LogP) is 2.30. The van der Waals surface area contributed by atoms with Gasteiger partial charge in [0, 0.05) is 17.8 Å². The predicted molar refractivity (Wildman–Crippen MR) is 106 cm³/mol. The van der Waals surface area contributed by atoms with E-state index >= 15 is 0 Å². The first-order chi connectivity index (χ1) is 13.1. The van der Waals surface area contributed by atoms with Crippen molar-refractivity contribution < 1.29 is 10.2 Å². The number of fused-ring (bicyclic) bond motifs is 3. The molecule has 138 valence electrons. The van der Waals surface area contributed by atoms with Crippen molar-refractivity contribution in [3.63, 3.8) is 0 Å². The molecule has 2 aromatic carbocycles. The van der Waals surface area contributed by atoms with Crippen molar-refractivity contribution in [1.82, 2.24) is 14.4 Å². The van der Waals surface area contributed by atoms with E-state index < -0.39 is 0 Å². The van der Waals surface area contributed by atoms with E-state index in [0.717, 1.165) is 23.1 Å². The summed E-state index contributed by atoms with van der Waals surface area (Å²) in [4.78, 5) is 9.20. The molecule has 0 aliphatic heterocycles. The highest BCUT2D eigenvalue weighted by atomic mass is 16.3. The summed E-state index contributed by atoms with van der Waals surface area (Å²) >= 11 is 0. The fraction of sp³-hybridized carbons (Fsp3) is 0.158. The normalized spacial score (nSPS) is 11.3. The molecule has 8 heteroatoms. The highest BCUT2D eigenvalue weighted by molar-refractivity contribution is 5.88. The Balaban J connectivity index is 1.98. The molecule has 2 heterocycles. The van der Waals surface area contributed by atoms with Crippen LogP contribution in [0.2, 0.25) is 0 Å². The molecule has 0 saturated carbocycles. The van der Waals surface area contributed by atoms with Crippen LogP contribution in [0.15, 0.2) is 42.6 Å². The van der Waals surface area contributed by atoms with Gasteiger partial charge < -0.3 is 27.0 Å². The summed E-state index contributed by atoms with van der Waals surface area (Å²) in [6.07, 6.45) is 2.52. The van der Waals surface area contributed by atoms with Gasteiger partial charge in [-0.25, -0.2) is 9.97 Å². The molecule has 0 fully saturated rings. The number of imidazole rings is 1. The van der Waals surface area contributed by atoms with Gasteiger partial charge >= 0.3 is 0 Å². The second-order valence-corrected chi connectivity index (χ2v) is 6.28. The van der Waals surface area contributed by atoms with Crippen molar-refractivity contribution >= 4 is 28.2 Å². The molecule has 0 atom stereocenters. The van der Waals surface area contributed by atoms with Gasteiger partial charge in [0.15, 0.2) is 23.0 Å². The second-order valence-electron chi connectivity index (χ2n) is 6.28. The smallest absolute Gasteiger partial charge is 0.181 e. The number of hydrogen-bond acceptors (Lipinski definition) is 7. The number of hydrogen-bond donors (Lipinski definition) is 5. The van der Waals surface area contributed by atoms with Crippen LogP contribution in [0.5, 0.6) is 11.5 Å². The standard InChI is InChI=1S/C19H20N6O2/c20-6-1-7-22-18-19-23-10-15(11-2-5-16(26)17(27)8-11)25(19)14-9-12(21)3-4-13(14)24-18/h2-5,8-10,26-27H,1,6-7,20-21H2,(H,22,24). The summed E-state index contributed by atoms with van der Waals surface area (Å²) in [5.74, 6) is 0.282. The number of nitrogens with zero attached hydrogens (tertiary/aromatic N) is 3. The SMILES string of the molecule is NCCCNc1nc2ccc(N)cc2n2c(-c3ccc(O)c(O)c3)cnc12. The lowest BCUT2D eigenvalue weighted by molar-refractivity contribution is 0.404. The maximum absolute atomic E-state index is 9.89. The minimum atomic E-state index is -0.193. The Morgan fingerprint density at radius 1 is 1.07 bits per heavy atom. The fourth-order valence-electron chi connectivity index (χ4n) is 3.06. The van der Waals surface area contributed by atoms with Crippen LogP contribution in [-0.2, 0) is 0 Å². The number of nitrogens with one attached hydrogen (secondary N) is 1. The lowest BCUT2D eigenvalue weighted by Gasteiger charge is -2.12. The highest BCUT2D eigenvalue weighted by Crippen LogP contribution is 2.33. The van der Waals surface area contributed by atoms with E-state index in [0.29, 0.717) is 35.8 Å². The quantitative estimate of drug-likeness (QED) is 0.208. The lowest BCUT2D eigenvalue weighted by atomic mass is 10.1. The van der Waals surface area contributed by atoms with Gasteiger partial charge in [0.25, 0.3) is 0 Å². The third-order valence-electron chi connectivity index (χ3n) is 4.39. The molecule has 4 rings (SSSR count). The Kier molecular flexibility index (Phi) is 4.17. The summed E-state index contributed by atoms with van der Waals surface area (Å²) in [7, 11) is 0. The van der Waals surface area contributed by atoms with Crippen LogP contribution in [0.25, 0.3) is 27.9 Å². The zero-order valence-corrected chi connectivity index (χ0v) is 14.6. The van der Waals surface area contributed by atoms with Crippen molar-refractivity contribution in [3.8, 4) is 22.8 Å². The average molecular weight is 364 g/mol. The van der Waals surface area contributed by atoms with E-state index in [-0.39, 0.29) is 11.5 Å². The summed E-state index contributed by atoms with van der Waals surface area (Å²) in [6, 6.07) is 10.2. The van der Waals surface area contributed by atoms with E-state index in [1.165, 1.54) is 12.1 Å². The highest BCUT2D eigenvalue weighted by Gasteiger charge is 2.16. The largest absolute Gasteiger partial charge is 0.504 e. The van der Waals surface area contributed by atoms with E-state index in [9.17, 15) is 10.2 Å². The molecule has 27 heavy (non-hydrogen) atoms. The molecule has 0 aliphatic carbocycles. The van der Waals surface area contributed by atoms with Gasteiger partial charge in [-0.05, 0) is 49.4 Å². The zero-order valence-electron chi connectivity index (χ0n) is 14.6. The van der Waals surface area contributed by atoms with Crippen molar-refractivity contribution in [2.24, 2.45) is 5.73 Å². The maximum atomic E-state index is 9.89. The third kappa shape index (κ3) is 2.96. The Labute approximate surface area is 155 Å². The zero-order chi connectivity index (χ0) is 19.0. The van der Waals surface area contributed by atoms with Crippen LogP contribution in [0.3, 0.4) is 0 Å². The molecule has 0 amide bonds. The number of phenols is 2. The maximum Gasteiger partial charge on any atom is 0.181 e. The molecule has 7 N–H and O–H groups in total. The van der Waals surface area contributed by atoms with E-state index in [2.05, 4.69) is 15.3 Å². The number of phenolic OH excluding ortho intramolecular Hbond substituents is 2. The van der Waals surface area contributed by atoms with E-state index in [4.69, 9.17) is 11.5 Å². The molecule has 4 aromatic rings. The molecule has 0 unspecified atom stereocenters. The first-order valence-electron chi connectivity index (χ1n) is 8.61. The molecular formula is C19H20N6O2. The van der Waals surface area contributed by atoms with Crippen molar-refractivity contribution in [3.05, 3.63) is 42.6 Å². The van der Waals surface area contributed by atoms with Gasteiger partial charge in [-0.3, -0.25) is 4.40 Å². The summed E-state index contributed by atoms with van der Waals surface area (Å²) in [6.45, 7) is 1.27. The Hall–Kier alpha value is -3.52. The van der Waals surface area contributed by atoms with Crippen molar-refractivity contribution in [1.29, 1.82) is 0 Å². The van der Waals surface area contributed by atoms with Gasteiger partial charge in [-0.2, -0.15) is 0 Å². The number of benzene rings is 2. The minimum Gasteiger partial charge on any atom is -0.504 e. The van der Waals surface area contributed by atoms with E-state index in [1.807, 2.05) is 16.5 Å². The summed E-state index contributed by atoms with van der Waals surface area (Å²) in [5.41, 5.74) is 15.8. The van der Waals surface area contributed by atoms with Crippen molar-refractivity contribution in [2.75, 3.05) is 24.1 Å². The third-order valence-corrected chi connectivity index (χ3v) is 4.39. The molecule has 0 aliphatic rings. The second kappa shape index (κ2) is 6.65. The monoisotopic (exact) mass is 364 g/mol. The average Bonchev–Trinajstić information content (AvgIpc) is 3.10. The lowest BCUT2D eigenvalue weighted by Crippen LogP contribution is -2.11. The van der Waals surface area contributed by atoms with Crippen LogP contribution in [0, 0.1) is 0 Å². The Morgan fingerprint density at radius 3 is 2.70 bits per heavy atom. The first-order valence-corrected chi connectivity index (χ1v) is 8.61. The van der Waals surface area contributed by atoms with E-state index in [1.54, 1.807) is 18.3 Å². The first kappa shape index (κ1) is 16.9. The summed E-state index contributed by atoms with van der Waals surface area (Å²) < 4.78 is 1.94. The van der Waals surface area contributed by atoms with Crippen molar-refractivity contribution in [2.45, 2.75) is 6.42 Å². The number of aromatic nitrogens is 3. The number of rotatable bonds is 5.